The molecule has 110 valence electrons. The van der Waals surface area contributed by atoms with Crippen molar-refractivity contribution >= 4 is 17.6 Å². The minimum absolute atomic E-state index is 0.0850. The fraction of sp³-hybridized carbons (Fsp3) is 0.250. The smallest absolute Gasteiger partial charge is 0.335 e. The van der Waals surface area contributed by atoms with Crippen molar-refractivity contribution in [1.29, 1.82) is 0 Å². The summed E-state index contributed by atoms with van der Waals surface area (Å²) in [5.74, 6) is -0.370. The minimum Gasteiger partial charge on any atom is -0.489 e. The lowest BCUT2D eigenvalue weighted by molar-refractivity contribution is 0.0697. The molecule has 1 aromatic carbocycles. The van der Waals surface area contributed by atoms with Gasteiger partial charge >= 0.3 is 5.97 Å². The molecule has 0 radical (unpaired) electrons. The molecular weight excluding hydrogens is 290 g/mol. The number of carboxylic acid groups (broad SMARTS) is 1. The molecule has 1 aromatic heterocycles. The first-order chi connectivity index (χ1) is 10.0. The number of carbonyl (C=O) groups is 1. The van der Waals surface area contributed by atoms with Gasteiger partial charge < -0.3 is 9.84 Å². The molecule has 0 aliphatic carbocycles. The summed E-state index contributed by atoms with van der Waals surface area (Å²) in [6, 6.07) is 8.29. The molecule has 2 rings (SSSR count). The van der Waals surface area contributed by atoms with Crippen LogP contribution in [-0.2, 0) is 0 Å². The van der Waals surface area contributed by atoms with E-state index in [4.69, 9.17) is 21.4 Å². The van der Waals surface area contributed by atoms with Crippen molar-refractivity contribution in [3.05, 3.63) is 47.1 Å². The molecule has 21 heavy (non-hydrogen) atoms. The third-order valence-corrected chi connectivity index (χ3v) is 3.43. The van der Waals surface area contributed by atoms with E-state index in [-0.39, 0.29) is 11.7 Å². The van der Waals surface area contributed by atoms with Gasteiger partial charge in [0, 0.05) is 11.8 Å². The molecule has 0 aliphatic heterocycles. The molecule has 4 nitrogen and oxygen atoms in total. The largest absolute Gasteiger partial charge is 0.489 e. The lowest BCUT2D eigenvalue weighted by atomic mass is 10.1. The van der Waals surface area contributed by atoms with Gasteiger partial charge in [0.15, 0.2) is 0 Å². The Kier molecular flexibility index (Phi) is 4.81. The van der Waals surface area contributed by atoms with Gasteiger partial charge in [-0.2, -0.15) is 0 Å². The van der Waals surface area contributed by atoms with E-state index in [9.17, 15) is 4.79 Å². The number of ether oxygens (including phenoxy) is 1. The maximum absolute atomic E-state index is 11.0. The quantitative estimate of drug-likeness (QED) is 0.895. The second-order valence-corrected chi connectivity index (χ2v) is 5.12. The van der Waals surface area contributed by atoms with E-state index >= 15 is 0 Å². The Bertz CT molecular complexity index is 658. The zero-order valence-corrected chi connectivity index (χ0v) is 12.6. The van der Waals surface area contributed by atoms with Crippen LogP contribution in [0.1, 0.15) is 30.6 Å². The SMILES string of the molecule is CC[C@H](C)Oc1ccc(-c2cc(C(=O)O)ccn2)cc1Cl. The number of carboxylic acids is 1. The zero-order chi connectivity index (χ0) is 15.4. The molecule has 0 saturated heterocycles. The van der Waals surface area contributed by atoms with Crippen molar-refractivity contribution in [2.75, 3.05) is 0 Å². The Hall–Kier alpha value is -2.07. The van der Waals surface area contributed by atoms with E-state index in [2.05, 4.69) is 4.98 Å². The van der Waals surface area contributed by atoms with Crippen LogP contribution in [0.5, 0.6) is 5.75 Å². The molecule has 0 spiro atoms. The Morgan fingerprint density at radius 3 is 2.76 bits per heavy atom. The van der Waals surface area contributed by atoms with Gasteiger partial charge in [0.1, 0.15) is 5.75 Å². The Morgan fingerprint density at radius 1 is 1.38 bits per heavy atom. The van der Waals surface area contributed by atoms with Gasteiger partial charge in [-0.25, -0.2) is 4.79 Å². The fourth-order valence-corrected chi connectivity index (χ4v) is 2.00. The monoisotopic (exact) mass is 305 g/mol. The average molecular weight is 306 g/mol. The van der Waals surface area contributed by atoms with E-state index < -0.39 is 5.97 Å². The van der Waals surface area contributed by atoms with Crippen LogP contribution in [0.2, 0.25) is 5.02 Å². The van der Waals surface area contributed by atoms with Crippen LogP contribution in [0.25, 0.3) is 11.3 Å². The predicted octanol–water partition coefficient (Wildman–Crippen LogP) is 4.28. The van der Waals surface area contributed by atoms with E-state index in [1.807, 2.05) is 19.9 Å². The van der Waals surface area contributed by atoms with Crippen LogP contribution in [0.15, 0.2) is 36.5 Å². The molecule has 0 aliphatic rings. The number of aromatic carboxylic acids is 1. The first-order valence-electron chi connectivity index (χ1n) is 6.67. The molecule has 1 atom stereocenters. The highest BCUT2D eigenvalue weighted by atomic mass is 35.5. The first kappa shape index (κ1) is 15.3. The van der Waals surface area contributed by atoms with Crippen molar-refractivity contribution in [2.24, 2.45) is 0 Å². The van der Waals surface area contributed by atoms with Gasteiger partial charge in [-0.3, -0.25) is 4.98 Å². The third-order valence-electron chi connectivity index (χ3n) is 3.14. The van der Waals surface area contributed by atoms with Crippen molar-refractivity contribution in [2.45, 2.75) is 26.4 Å². The van der Waals surface area contributed by atoms with Gasteiger partial charge in [-0.15, -0.1) is 0 Å². The third kappa shape index (κ3) is 3.73. The number of hydrogen-bond donors (Lipinski definition) is 1. The summed E-state index contributed by atoms with van der Waals surface area (Å²) in [5, 5.41) is 9.49. The predicted molar refractivity (Wildman–Crippen MR) is 82.0 cm³/mol. The average Bonchev–Trinajstić information content (AvgIpc) is 2.49. The van der Waals surface area contributed by atoms with Crippen LogP contribution in [0.4, 0.5) is 0 Å². The molecule has 1 heterocycles. The Morgan fingerprint density at radius 2 is 2.14 bits per heavy atom. The summed E-state index contributed by atoms with van der Waals surface area (Å²) < 4.78 is 5.70. The summed E-state index contributed by atoms with van der Waals surface area (Å²) in [4.78, 5) is 15.2. The Labute approximate surface area is 128 Å². The zero-order valence-electron chi connectivity index (χ0n) is 11.8. The number of hydrogen-bond acceptors (Lipinski definition) is 3. The van der Waals surface area contributed by atoms with E-state index in [1.54, 1.807) is 12.1 Å². The lowest BCUT2D eigenvalue weighted by Gasteiger charge is -2.14. The Balaban J connectivity index is 2.31. The van der Waals surface area contributed by atoms with Crippen LogP contribution in [-0.4, -0.2) is 22.2 Å². The van der Waals surface area contributed by atoms with E-state index in [0.29, 0.717) is 16.5 Å². The van der Waals surface area contributed by atoms with Gasteiger partial charge in [-0.1, -0.05) is 18.5 Å². The summed E-state index contributed by atoms with van der Waals surface area (Å²) in [7, 11) is 0. The summed E-state index contributed by atoms with van der Waals surface area (Å²) >= 11 is 6.21. The molecule has 0 amide bonds. The fourth-order valence-electron chi connectivity index (χ4n) is 1.78. The summed E-state index contributed by atoms with van der Waals surface area (Å²) in [6.07, 6.45) is 2.44. The standard InChI is InChI=1S/C16H16ClNO3/c1-3-10(2)21-15-5-4-11(8-13(15)17)14-9-12(16(19)20)6-7-18-14/h4-10H,3H2,1-2H3,(H,19,20)/t10-/m0/s1. The van der Waals surface area contributed by atoms with Gasteiger partial charge in [0.25, 0.3) is 0 Å². The molecule has 0 unspecified atom stereocenters. The van der Waals surface area contributed by atoms with Crippen molar-refractivity contribution < 1.29 is 14.6 Å². The maximum atomic E-state index is 11.0. The molecule has 0 bridgehead atoms. The molecule has 2 aromatic rings. The van der Waals surface area contributed by atoms with E-state index in [1.165, 1.54) is 18.3 Å². The highest BCUT2D eigenvalue weighted by Gasteiger charge is 2.10. The van der Waals surface area contributed by atoms with Crippen molar-refractivity contribution in [3.8, 4) is 17.0 Å². The molecular formula is C16H16ClNO3. The second-order valence-electron chi connectivity index (χ2n) is 4.72. The highest BCUT2D eigenvalue weighted by molar-refractivity contribution is 6.32. The maximum Gasteiger partial charge on any atom is 0.335 e. The lowest BCUT2D eigenvalue weighted by Crippen LogP contribution is -2.09. The molecule has 1 N–H and O–H groups in total. The number of nitrogens with zero attached hydrogens (tertiary/aromatic N) is 1. The number of pyridine rings is 1. The van der Waals surface area contributed by atoms with Crippen LogP contribution < -0.4 is 4.74 Å². The van der Waals surface area contributed by atoms with Crippen LogP contribution in [0.3, 0.4) is 0 Å². The minimum atomic E-state index is -0.985. The normalized spacial score (nSPS) is 12.0. The number of halogens is 1. The number of aromatic nitrogens is 1. The van der Waals surface area contributed by atoms with Crippen molar-refractivity contribution in [1.82, 2.24) is 4.98 Å². The second kappa shape index (κ2) is 6.59. The highest BCUT2D eigenvalue weighted by Crippen LogP contribution is 2.30. The summed E-state index contributed by atoms with van der Waals surface area (Å²) in [5.41, 5.74) is 1.50. The van der Waals surface area contributed by atoms with Crippen LogP contribution in [0, 0.1) is 0 Å². The van der Waals surface area contributed by atoms with Crippen molar-refractivity contribution in [3.63, 3.8) is 0 Å². The first-order valence-corrected chi connectivity index (χ1v) is 7.05. The molecule has 5 heteroatoms. The molecule has 0 fully saturated rings. The topological polar surface area (TPSA) is 59.4 Å². The van der Waals surface area contributed by atoms with Gasteiger partial charge in [0.05, 0.1) is 22.4 Å². The van der Waals surface area contributed by atoms with Crippen LogP contribution >= 0.6 is 11.6 Å². The summed E-state index contributed by atoms with van der Waals surface area (Å²) in [6.45, 7) is 4.01. The van der Waals surface area contributed by atoms with Gasteiger partial charge in [0.2, 0.25) is 0 Å². The number of benzene rings is 1. The molecule has 0 saturated carbocycles. The number of rotatable bonds is 5. The van der Waals surface area contributed by atoms with E-state index in [0.717, 1.165) is 12.0 Å². The van der Waals surface area contributed by atoms with Gasteiger partial charge in [-0.05, 0) is 43.7 Å².